The molecule has 1 aromatic carbocycles. The fourth-order valence-corrected chi connectivity index (χ4v) is 4.87. The standard InChI is InChI=1S/C17H26ClN3O4S/c1-3-21(4-2)26(23,24)16-13-14(5-6-15(16)18)17(22)19-7-8-20-9-11-25-12-10-20/h5-6,13H,3-4,7-12H2,1-2H3,(H,19,22)/p+1. The lowest BCUT2D eigenvalue weighted by Gasteiger charge is -2.23. The number of hydrogen-bond acceptors (Lipinski definition) is 4. The summed E-state index contributed by atoms with van der Waals surface area (Å²) in [5, 5.41) is 2.97. The molecule has 9 heteroatoms. The lowest BCUT2D eigenvalue weighted by Crippen LogP contribution is -3.14. The lowest BCUT2D eigenvalue weighted by molar-refractivity contribution is -0.906. The number of nitrogens with one attached hydrogen (secondary N) is 2. The number of nitrogens with zero attached hydrogens (tertiary/aromatic N) is 1. The minimum absolute atomic E-state index is 0.0330. The molecule has 1 aliphatic heterocycles. The first-order valence-corrected chi connectivity index (χ1v) is 10.7. The lowest BCUT2D eigenvalue weighted by atomic mass is 10.2. The van der Waals surface area contributed by atoms with Crippen LogP contribution in [0.4, 0.5) is 0 Å². The van der Waals surface area contributed by atoms with E-state index >= 15 is 0 Å². The predicted octanol–water partition coefficient (Wildman–Crippen LogP) is 0.0154. The van der Waals surface area contributed by atoms with E-state index in [0.717, 1.165) is 32.8 Å². The number of morpholine rings is 1. The van der Waals surface area contributed by atoms with Gasteiger partial charge in [-0.05, 0) is 18.2 Å². The topological polar surface area (TPSA) is 80.2 Å². The van der Waals surface area contributed by atoms with Crippen LogP contribution in [0.1, 0.15) is 24.2 Å². The molecule has 1 aromatic rings. The molecule has 7 nitrogen and oxygen atoms in total. The van der Waals surface area contributed by atoms with Gasteiger partial charge in [-0.1, -0.05) is 25.4 Å². The van der Waals surface area contributed by atoms with Crippen molar-refractivity contribution < 1.29 is 22.8 Å². The highest BCUT2D eigenvalue weighted by molar-refractivity contribution is 7.89. The highest BCUT2D eigenvalue weighted by atomic mass is 35.5. The summed E-state index contributed by atoms with van der Waals surface area (Å²) in [7, 11) is -3.72. The van der Waals surface area contributed by atoms with E-state index in [1.165, 1.54) is 21.3 Å². The summed E-state index contributed by atoms with van der Waals surface area (Å²) in [5.74, 6) is -0.301. The number of carbonyl (C=O) groups is 1. The number of quaternary nitrogens is 1. The van der Waals surface area contributed by atoms with Crippen molar-refractivity contribution >= 4 is 27.5 Å². The first kappa shape index (κ1) is 21.1. The van der Waals surface area contributed by atoms with Crippen LogP contribution < -0.4 is 10.2 Å². The molecule has 1 heterocycles. The van der Waals surface area contributed by atoms with Gasteiger partial charge in [0, 0.05) is 18.7 Å². The molecule has 0 aliphatic carbocycles. The minimum Gasteiger partial charge on any atom is -0.370 e. The summed E-state index contributed by atoms with van der Waals surface area (Å²) >= 11 is 6.10. The molecule has 1 aliphatic rings. The Morgan fingerprint density at radius 2 is 1.92 bits per heavy atom. The minimum atomic E-state index is -3.72. The molecule has 0 unspecified atom stereocenters. The third kappa shape index (κ3) is 5.17. The number of sulfonamides is 1. The molecule has 1 fully saturated rings. The zero-order valence-corrected chi connectivity index (χ0v) is 16.8. The van der Waals surface area contributed by atoms with Crippen molar-refractivity contribution in [1.82, 2.24) is 9.62 Å². The third-order valence-electron chi connectivity index (χ3n) is 4.48. The van der Waals surface area contributed by atoms with Crippen molar-refractivity contribution in [2.24, 2.45) is 0 Å². The Bertz CT molecular complexity index is 717. The number of hydrogen-bond donors (Lipinski definition) is 2. The van der Waals surface area contributed by atoms with E-state index in [1.54, 1.807) is 19.9 Å². The fourth-order valence-electron chi connectivity index (χ4n) is 2.91. The average Bonchev–Trinajstić information content (AvgIpc) is 2.63. The van der Waals surface area contributed by atoms with E-state index in [9.17, 15) is 13.2 Å². The Labute approximate surface area is 160 Å². The summed E-state index contributed by atoms with van der Waals surface area (Å²) in [6.07, 6.45) is 0. The van der Waals surface area contributed by atoms with Crippen LogP contribution in [-0.2, 0) is 14.8 Å². The third-order valence-corrected chi connectivity index (χ3v) is 7.01. The second-order valence-corrected chi connectivity index (χ2v) is 8.42. The molecule has 146 valence electrons. The molecule has 0 aromatic heterocycles. The summed E-state index contributed by atoms with van der Waals surface area (Å²) < 4.78 is 32.0. The molecule has 0 saturated carbocycles. The largest absolute Gasteiger partial charge is 0.370 e. The van der Waals surface area contributed by atoms with Crippen molar-refractivity contribution in [2.45, 2.75) is 18.7 Å². The van der Waals surface area contributed by atoms with Crippen molar-refractivity contribution in [2.75, 3.05) is 52.5 Å². The quantitative estimate of drug-likeness (QED) is 0.640. The maximum absolute atomic E-state index is 12.7. The molecule has 0 atom stereocenters. The second kappa shape index (κ2) is 9.66. The first-order valence-electron chi connectivity index (χ1n) is 8.89. The van der Waals surface area contributed by atoms with Crippen molar-refractivity contribution in [3.8, 4) is 0 Å². The second-order valence-electron chi connectivity index (χ2n) is 6.10. The molecule has 2 N–H and O–H groups in total. The molecule has 1 amide bonds. The van der Waals surface area contributed by atoms with E-state index in [0.29, 0.717) is 19.6 Å². The van der Waals surface area contributed by atoms with Gasteiger partial charge < -0.3 is 15.0 Å². The fraction of sp³-hybridized carbons (Fsp3) is 0.588. The Kier molecular flexibility index (Phi) is 7.85. The van der Waals surface area contributed by atoms with Crippen LogP contribution in [0.25, 0.3) is 0 Å². The highest BCUT2D eigenvalue weighted by Crippen LogP contribution is 2.25. The SMILES string of the molecule is CCN(CC)S(=O)(=O)c1cc(C(=O)NCC[NH+]2CCOCC2)ccc1Cl. The predicted molar refractivity (Wildman–Crippen MR) is 100 cm³/mol. The molecular formula is C17H27ClN3O4S+. The molecule has 0 spiro atoms. The van der Waals surface area contributed by atoms with E-state index in [1.807, 2.05) is 0 Å². The molecule has 0 bridgehead atoms. The molecule has 1 saturated heterocycles. The van der Waals surface area contributed by atoms with Gasteiger partial charge in [-0.25, -0.2) is 8.42 Å². The summed E-state index contributed by atoms with van der Waals surface area (Å²) in [5.41, 5.74) is 0.289. The smallest absolute Gasteiger partial charge is 0.251 e. The number of carbonyl (C=O) groups excluding carboxylic acids is 1. The number of benzene rings is 1. The number of halogens is 1. The first-order chi connectivity index (χ1) is 12.4. The Balaban J connectivity index is 2.06. The zero-order chi connectivity index (χ0) is 19.2. The number of amides is 1. The van der Waals surface area contributed by atoms with Gasteiger partial charge in [0.25, 0.3) is 5.91 Å². The normalized spacial score (nSPS) is 16.0. The van der Waals surface area contributed by atoms with Crippen LogP contribution in [0.15, 0.2) is 23.1 Å². The highest BCUT2D eigenvalue weighted by Gasteiger charge is 2.25. The van der Waals surface area contributed by atoms with Gasteiger partial charge in [0.15, 0.2) is 0 Å². The van der Waals surface area contributed by atoms with Gasteiger partial charge in [-0.15, -0.1) is 0 Å². The Hall–Kier alpha value is -1.19. The van der Waals surface area contributed by atoms with Crippen molar-refractivity contribution in [1.29, 1.82) is 0 Å². The monoisotopic (exact) mass is 404 g/mol. The van der Waals surface area contributed by atoms with Gasteiger partial charge in [0.2, 0.25) is 10.0 Å². The van der Waals surface area contributed by atoms with Crippen LogP contribution in [0.3, 0.4) is 0 Å². The maximum atomic E-state index is 12.7. The van der Waals surface area contributed by atoms with Crippen molar-refractivity contribution in [3.05, 3.63) is 28.8 Å². The maximum Gasteiger partial charge on any atom is 0.251 e. The molecule has 0 radical (unpaired) electrons. The molecular weight excluding hydrogens is 378 g/mol. The van der Waals surface area contributed by atoms with Crippen LogP contribution in [0.2, 0.25) is 5.02 Å². The summed E-state index contributed by atoms with van der Waals surface area (Å²) in [4.78, 5) is 13.7. The van der Waals surface area contributed by atoms with Crippen LogP contribution >= 0.6 is 11.6 Å². The van der Waals surface area contributed by atoms with E-state index in [4.69, 9.17) is 16.3 Å². The Morgan fingerprint density at radius 1 is 1.27 bits per heavy atom. The van der Waals surface area contributed by atoms with Crippen LogP contribution in [0, 0.1) is 0 Å². The average molecular weight is 405 g/mol. The van der Waals surface area contributed by atoms with E-state index in [-0.39, 0.29) is 21.4 Å². The van der Waals surface area contributed by atoms with Crippen LogP contribution in [-0.4, -0.2) is 71.1 Å². The van der Waals surface area contributed by atoms with Gasteiger partial charge in [-0.3, -0.25) is 4.79 Å². The number of ether oxygens (including phenoxy) is 1. The Morgan fingerprint density at radius 3 is 2.54 bits per heavy atom. The van der Waals surface area contributed by atoms with Crippen molar-refractivity contribution in [3.63, 3.8) is 0 Å². The van der Waals surface area contributed by atoms with Gasteiger partial charge in [0.1, 0.15) is 18.0 Å². The van der Waals surface area contributed by atoms with Gasteiger partial charge in [0.05, 0.1) is 31.3 Å². The van der Waals surface area contributed by atoms with Gasteiger partial charge in [-0.2, -0.15) is 4.31 Å². The molecule has 2 rings (SSSR count). The zero-order valence-electron chi connectivity index (χ0n) is 15.3. The van der Waals surface area contributed by atoms with Crippen LogP contribution in [0.5, 0.6) is 0 Å². The van der Waals surface area contributed by atoms with E-state index < -0.39 is 10.0 Å². The molecule has 26 heavy (non-hydrogen) atoms. The number of rotatable bonds is 8. The van der Waals surface area contributed by atoms with Gasteiger partial charge >= 0.3 is 0 Å². The summed E-state index contributed by atoms with van der Waals surface area (Å²) in [6.45, 7) is 8.90. The summed E-state index contributed by atoms with van der Waals surface area (Å²) in [6, 6.07) is 4.35. The van der Waals surface area contributed by atoms with E-state index in [2.05, 4.69) is 5.32 Å².